The molecule has 1 aromatic heterocycles. The van der Waals surface area contributed by atoms with E-state index in [1.165, 1.54) is 59.2 Å². The van der Waals surface area contributed by atoms with Crippen molar-refractivity contribution in [3.8, 4) is 17.0 Å². The van der Waals surface area contributed by atoms with Gasteiger partial charge in [0, 0.05) is 21.1 Å². The molecule has 0 saturated carbocycles. The lowest BCUT2D eigenvalue weighted by Crippen LogP contribution is -2.33. The molecule has 1 fully saturated rings. The van der Waals surface area contributed by atoms with Gasteiger partial charge in [-0.25, -0.2) is 0 Å². The summed E-state index contributed by atoms with van der Waals surface area (Å²) in [5.41, 5.74) is 6.51. The third kappa shape index (κ3) is 5.02. The predicted octanol–water partition coefficient (Wildman–Crippen LogP) is 7.42. The fourth-order valence-electron chi connectivity index (χ4n) is 5.20. The number of rotatable bonds is 7. The molecule has 4 aromatic rings. The van der Waals surface area contributed by atoms with Crippen LogP contribution in [0.1, 0.15) is 36.3 Å². The number of hydrogen-bond donors (Lipinski definition) is 1. The van der Waals surface area contributed by atoms with Crippen LogP contribution in [-0.4, -0.2) is 36.6 Å². The number of nitrogens with one attached hydrogen (secondary N) is 1. The van der Waals surface area contributed by atoms with Gasteiger partial charge in [-0.1, -0.05) is 58.4 Å². The van der Waals surface area contributed by atoms with Gasteiger partial charge in [0.2, 0.25) is 0 Å². The van der Waals surface area contributed by atoms with Gasteiger partial charge >= 0.3 is 0 Å². The molecule has 170 valence electrons. The van der Waals surface area contributed by atoms with Gasteiger partial charge in [-0.15, -0.1) is 0 Å². The van der Waals surface area contributed by atoms with E-state index in [1.807, 2.05) is 6.07 Å². The quantitative estimate of drug-likeness (QED) is 0.284. The number of aromatic amines is 1. The summed E-state index contributed by atoms with van der Waals surface area (Å²) in [5, 5.41) is 1.27. The number of fused-ring (bicyclic) bond motifs is 1. The summed E-state index contributed by atoms with van der Waals surface area (Å²) in [6.07, 6.45) is 4.73. The van der Waals surface area contributed by atoms with E-state index >= 15 is 0 Å². The number of halogens is 1. The molecular weight excluding hydrogens is 472 g/mol. The first-order chi connectivity index (χ1) is 16.2. The van der Waals surface area contributed by atoms with Crippen molar-refractivity contribution in [3.63, 3.8) is 0 Å². The normalized spacial score (nSPS) is 15.2. The maximum absolute atomic E-state index is 5.53. The fourth-order valence-corrected chi connectivity index (χ4v) is 5.60. The van der Waals surface area contributed by atoms with E-state index < -0.39 is 0 Å². The highest BCUT2D eigenvalue weighted by Gasteiger charge is 2.21. The van der Waals surface area contributed by atoms with Crippen molar-refractivity contribution in [3.05, 3.63) is 88.4 Å². The van der Waals surface area contributed by atoms with Crippen LogP contribution in [0, 0.1) is 0 Å². The van der Waals surface area contributed by atoms with E-state index in [-0.39, 0.29) is 0 Å². The maximum atomic E-state index is 5.53. The second-order valence-electron chi connectivity index (χ2n) is 9.03. The van der Waals surface area contributed by atoms with E-state index in [0.29, 0.717) is 5.92 Å². The molecule has 1 aliphatic heterocycles. The summed E-state index contributed by atoms with van der Waals surface area (Å²) in [4.78, 5) is 6.33. The van der Waals surface area contributed by atoms with E-state index in [4.69, 9.17) is 4.74 Å². The van der Waals surface area contributed by atoms with Crippen LogP contribution in [-0.2, 0) is 6.42 Å². The van der Waals surface area contributed by atoms with Gasteiger partial charge in [0.25, 0.3) is 0 Å². The van der Waals surface area contributed by atoms with Crippen LogP contribution in [0.2, 0.25) is 0 Å². The SMILES string of the molecule is COc1ccc2[nH]c(-c3cccc(Br)c3)c(CCCN3CCC(c4ccccc4)CC3)c2c1. The van der Waals surface area contributed by atoms with Gasteiger partial charge in [-0.05, 0) is 98.3 Å². The van der Waals surface area contributed by atoms with Gasteiger partial charge in [0.1, 0.15) is 5.75 Å². The summed E-state index contributed by atoms with van der Waals surface area (Å²) in [6, 6.07) is 25.9. The lowest BCUT2D eigenvalue weighted by molar-refractivity contribution is 0.210. The number of nitrogens with zero attached hydrogens (tertiary/aromatic N) is 1. The molecule has 1 saturated heterocycles. The van der Waals surface area contributed by atoms with Gasteiger partial charge < -0.3 is 14.6 Å². The van der Waals surface area contributed by atoms with Crippen LogP contribution in [0.5, 0.6) is 5.75 Å². The Labute approximate surface area is 204 Å². The number of hydrogen-bond acceptors (Lipinski definition) is 2. The minimum Gasteiger partial charge on any atom is -0.497 e. The Balaban J connectivity index is 1.30. The molecule has 0 aliphatic carbocycles. The monoisotopic (exact) mass is 502 g/mol. The average molecular weight is 503 g/mol. The highest BCUT2D eigenvalue weighted by atomic mass is 79.9. The number of H-pyrrole nitrogens is 1. The van der Waals surface area contributed by atoms with Gasteiger partial charge in [0.05, 0.1) is 7.11 Å². The molecule has 0 amide bonds. The molecule has 3 aromatic carbocycles. The lowest BCUT2D eigenvalue weighted by Gasteiger charge is -2.32. The van der Waals surface area contributed by atoms with Crippen LogP contribution in [0.3, 0.4) is 0 Å². The molecule has 3 nitrogen and oxygen atoms in total. The van der Waals surface area contributed by atoms with Crippen molar-refractivity contribution >= 4 is 26.8 Å². The molecule has 4 heteroatoms. The Hall–Kier alpha value is -2.56. The van der Waals surface area contributed by atoms with Crippen LogP contribution < -0.4 is 4.74 Å². The first-order valence-corrected chi connectivity index (χ1v) is 12.7. The molecule has 0 spiro atoms. The highest BCUT2D eigenvalue weighted by Crippen LogP contribution is 2.35. The molecule has 0 bridgehead atoms. The average Bonchev–Trinajstić information content (AvgIpc) is 3.23. The zero-order valence-electron chi connectivity index (χ0n) is 19.2. The maximum Gasteiger partial charge on any atom is 0.119 e. The zero-order chi connectivity index (χ0) is 22.6. The van der Waals surface area contributed by atoms with Crippen molar-refractivity contribution in [2.75, 3.05) is 26.7 Å². The summed E-state index contributed by atoms with van der Waals surface area (Å²) in [5.74, 6) is 1.62. The second-order valence-corrected chi connectivity index (χ2v) is 9.95. The van der Waals surface area contributed by atoms with Crippen molar-refractivity contribution in [1.82, 2.24) is 9.88 Å². The predicted molar refractivity (Wildman–Crippen MR) is 141 cm³/mol. The Bertz CT molecular complexity index is 1210. The van der Waals surface area contributed by atoms with Crippen molar-refractivity contribution in [2.45, 2.75) is 31.6 Å². The molecule has 0 radical (unpaired) electrons. The third-order valence-electron chi connectivity index (χ3n) is 6.99. The number of likely N-dealkylation sites (tertiary alicyclic amines) is 1. The number of benzene rings is 3. The Kier molecular flexibility index (Phi) is 6.84. The summed E-state index contributed by atoms with van der Waals surface area (Å²) in [6.45, 7) is 3.54. The van der Waals surface area contributed by atoms with Gasteiger partial charge in [-0.2, -0.15) is 0 Å². The number of aromatic nitrogens is 1. The summed E-state index contributed by atoms with van der Waals surface area (Å²) in [7, 11) is 1.74. The Morgan fingerprint density at radius 3 is 2.55 bits per heavy atom. The zero-order valence-corrected chi connectivity index (χ0v) is 20.8. The van der Waals surface area contributed by atoms with Crippen LogP contribution >= 0.6 is 15.9 Å². The third-order valence-corrected chi connectivity index (χ3v) is 7.48. The van der Waals surface area contributed by atoms with E-state index in [0.717, 1.165) is 29.6 Å². The second kappa shape index (κ2) is 10.1. The molecule has 0 atom stereocenters. The minimum absolute atomic E-state index is 0.715. The standard InChI is InChI=1S/C29H31BrN2O/c1-33-25-12-13-28-27(20-25)26(29(31-28)23-9-5-10-24(30)19-23)11-6-16-32-17-14-22(15-18-32)21-7-3-2-4-8-21/h2-5,7-10,12-13,19-20,22,31H,6,11,14-18H2,1H3. The van der Waals surface area contributed by atoms with Crippen LogP contribution in [0.4, 0.5) is 0 Å². The molecule has 1 N–H and O–H groups in total. The number of methoxy groups -OCH3 is 1. The minimum atomic E-state index is 0.715. The molecule has 0 unspecified atom stereocenters. The topological polar surface area (TPSA) is 28.3 Å². The smallest absolute Gasteiger partial charge is 0.119 e. The van der Waals surface area contributed by atoms with Crippen molar-refractivity contribution in [2.24, 2.45) is 0 Å². The van der Waals surface area contributed by atoms with E-state index in [1.54, 1.807) is 7.11 Å². The van der Waals surface area contributed by atoms with Gasteiger partial charge in [0.15, 0.2) is 0 Å². The fraction of sp³-hybridized carbons (Fsp3) is 0.310. The summed E-state index contributed by atoms with van der Waals surface area (Å²) < 4.78 is 6.63. The highest BCUT2D eigenvalue weighted by molar-refractivity contribution is 9.10. The number of piperidine rings is 1. The molecule has 2 heterocycles. The van der Waals surface area contributed by atoms with E-state index in [2.05, 4.69) is 92.5 Å². The number of aryl methyl sites for hydroxylation is 1. The lowest BCUT2D eigenvalue weighted by atomic mass is 9.89. The van der Waals surface area contributed by atoms with Crippen molar-refractivity contribution in [1.29, 1.82) is 0 Å². The molecular formula is C29H31BrN2O. The van der Waals surface area contributed by atoms with Crippen LogP contribution in [0.15, 0.2) is 77.3 Å². The first kappa shape index (κ1) is 22.2. The molecule has 1 aliphatic rings. The van der Waals surface area contributed by atoms with E-state index in [9.17, 15) is 0 Å². The largest absolute Gasteiger partial charge is 0.497 e. The van der Waals surface area contributed by atoms with Crippen LogP contribution in [0.25, 0.3) is 22.2 Å². The molecule has 33 heavy (non-hydrogen) atoms. The summed E-state index contributed by atoms with van der Waals surface area (Å²) >= 11 is 3.64. The molecule has 5 rings (SSSR count). The van der Waals surface area contributed by atoms with Gasteiger partial charge in [-0.3, -0.25) is 0 Å². The first-order valence-electron chi connectivity index (χ1n) is 11.9. The Morgan fingerprint density at radius 2 is 1.79 bits per heavy atom. The Morgan fingerprint density at radius 1 is 0.970 bits per heavy atom. The number of ether oxygens (including phenoxy) is 1. The van der Waals surface area contributed by atoms with Crippen molar-refractivity contribution < 1.29 is 4.74 Å².